The molecule has 11 heavy (non-hydrogen) atoms. The van der Waals surface area contributed by atoms with Crippen molar-refractivity contribution < 1.29 is 77.9 Å². The van der Waals surface area contributed by atoms with E-state index in [4.69, 9.17) is 0 Å². The summed E-state index contributed by atoms with van der Waals surface area (Å²) < 4.78 is 0. The molecule has 0 bridgehead atoms. The third-order valence-corrected chi connectivity index (χ3v) is 0. The van der Waals surface area contributed by atoms with E-state index in [-0.39, 0.29) is 116 Å². The molecular formula is H14CaMn2O8. The van der Waals surface area contributed by atoms with E-state index in [2.05, 4.69) is 0 Å². The van der Waals surface area contributed by atoms with E-state index in [1.165, 1.54) is 0 Å². The maximum atomic E-state index is 0. The van der Waals surface area contributed by atoms with Crippen LogP contribution in [0.25, 0.3) is 0 Å². The van der Waals surface area contributed by atoms with E-state index in [1.54, 1.807) is 0 Å². The van der Waals surface area contributed by atoms with Crippen LogP contribution in [0.4, 0.5) is 0 Å². The van der Waals surface area contributed by atoms with Gasteiger partial charge in [-0.15, -0.1) is 0 Å². The van der Waals surface area contributed by atoms with Crippen molar-refractivity contribution in [2.45, 2.75) is 0 Å². The first kappa shape index (κ1) is 476. The molecule has 0 fully saturated rings. The Kier molecular flexibility index (Phi) is 15900. The first-order valence-electron chi connectivity index (χ1n) is 0. The van der Waals surface area contributed by atoms with Crippen LogP contribution in [-0.4, -0.2) is 81.5 Å². The average molecular weight is 292 g/mol. The van der Waals surface area contributed by atoms with E-state index < -0.39 is 0 Å². The number of hydrogen-bond donors (Lipinski definition) is 0. The van der Waals surface area contributed by atoms with Gasteiger partial charge in [-0.25, -0.2) is 0 Å². The van der Waals surface area contributed by atoms with Crippen molar-refractivity contribution >= 4 is 37.7 Å². The van der Waals surface area contributed by atoms with E-state index in [1.807, 2.05) is 0 Å². The van der Waals surface area contributed by atoms with Gasteiger partial charge < -0.3 is 43.8 Å². The molecule has 2 radical (unpaired) electrons. The van der Waals surface area contributed by atoms with Crippen molar-refractivity contribution in [3.8, 4) is 0 Å². The fourth-order valence-corrected chi connectivity index (χ4v) is 0. The van der Waals surface area contributed by atoms with Gasteiger partial charge in [0.1, 0.15) is 0 Å². The van der Waals surface area contributed by atoms with E-state index in [9.17, 15) is 0 Å². The molecule has 0 spiro atoms. The number of hydrogen-bond acceptors (Lipinski definition) is 2. The fourth-order valence-electron chi connectivity index (χ4n) is 0. The molecule has 0 aromatic rings. The normalized spacial score (nSPS) is 0. The molecule has 0 unspecified atom stereocenters. The second kappa shape index (κ2) is 369. The van der Waals surface area contributed by atoms with Gasteiger partial charge in [0.2, 0.25) is 0 Å². The van der Waals surface area contributed by atoms with Crippen LogP contribution in [-0.2, 0) is 34.1 Å². The molecule has 0 saturated heterocycles. The molecule has 0 aliphatic heterocycles. The molecule has 0 amide bonds. The summed E-state index contributed by atoms with van der Waals surface area (Å²) in [4.78, 5) is 0. The molecule has 0 aliphatic carbocycles. The van der Waals surface area contributed by atoms with E-state index in [0.29, 0.717) is 0 Å². The summed E-state index contributed by atoms with van der Waals surface area (Å²) in [7, 11) is 0. The van der Waals surface area contributed by atoms with Gasteiger partial charge in [-0.05, 0) is 0 Å². The third-order valence-electron chi connectivity index (χ3n) is 0. The quantitative estimate of drug-likeness (QED) is 0.395. The van der Waals surface area contributed by atoms with Crippen LogP contribution in [0.3, 0.4) is 0 Å². The second-order valence-electron chi connectivity index (χ2n) is 0. The van der Waals surface area contributed by atoms with Gasteiger partial charge in [-0.1, -0.05) is 0 Å². The standard InChI is InChI=1S/Ca.2Mn.8H2O/h;;;8*1H2/q+2;;;;;;;;;;/p-2. The van der Waals surface area contributed by atoms with Crippen molar-refractivity contribution in [1.29, 1.82) is 0 Å². The van der Waals surface area contributed by atoms with Crippen molar-refractivity contribution in [2.24, 2.45) is 0 Å². The summed E-state index contributed by atoms with van der Waals surface area (Å²) in [5, 5.41) is 0. The van der Waals surface area contributed by atoms with Crippen molar-refractivity contribution in [2.75, 3.05) is 0 Å². The molecular weight excluding hydrogens is 278 g/mol. The maximum Gasteiger partial charge on any atom is 2.00 e. The van der Waals surface area contributed by atoms with Gasteiger partial charge in [0, 0.05) is 34.1 Å². The summed E-state index contributed by atoms with van der Waals surface area (Å²) in [6.45, 7) is 0. The summed E-state index contributed by atoms with van der Waals surface area (Å²) in [6.07, 6.45) is 0. The Labute approximate surface area is 115 Å². The minimum atomic E-state index is 0. The predicted octanol–water partition coefficient (Wildman–Crippen LogP) is -5.69. The zero-order chi connectivity index (χ0) is 0. The minimum Gasteiger partial charge on any atom is -0.870 e. The molecule has 0 aliphatic rings. The van der Waals surface area contributed by atoms with Gasteiger partial charge >= 0.3 is 37.7 Å². The van der Waals surface area contributed by atoms with Crippen LogP contribution in [0, 0.1) is 0 Å². The van der Waals surface area contributed by atoms with Crippen LogP contribution >= 0.6 is 0 Å². The maximum absolute atomic E-state index is 0. The Morgan fingerprint density at radius 1 is 0.364 bits per heavy atom. The van der Waals surface area contributed by atoms with E-state index >= 15 is 0 Å². The zero-order valence-corrected chi connectivity index (χ0v) is 9.93. The molecule has 0 heterocycles. The Bertz CT molecular complexity index is 12.1. The van der Waals surface area contributed by atoms with Crippen molar-refractivity contribution in [3.63, 3.8) is 0 Å². The van der Waals surface area contributed by atoms with Crippen LogP contribution in [0.2, 0.25) is 0 Å². The summed E-state index contributed by atoms with van der Waals surface area (Å²) >= 11 is 0. The molecule has 0 atom stereocenters. The summed E-state index contributed by atoms with van der Waals surface area (Å²) in [5.74, 6) is 0. The van der Waals surface area contributed by atoms with Crippen molar-refractivity contribution in [1.82, 2.24) is 0 Å². The Hall–Kier alpha value is 1.98. The SMILES string of the molecule is O.O.O.O.O.O.[Ca+2].[Mn].[Mn].[OH-].[OH-]. The summed E-state index contributed by atoms with van der Waals surface area (Å²) in [6, 6.07) is 0. The van der Waals surface area contributed by atoms with Gasteiger partial charge in [-0.2, -0.15) is 0 Å². The van der Waals surface area contributed by atoms with Crippen LogP contribution in [0.5, 0.6) is 0 Å². The first-order chi connectivity index (χ1) is 0. The van der Waals surface area contributed by atoms with Gasteiger partial charge in [-0.3, -0.25) is 0 Å². The van der Waals surface area contributed by atoms with Crippen LogP contribution < -0.4 is 0 Å². The minimum absolute atomic E-state index is 0. The fraction of sp³-hybridized carbons (Fsp3) is 0. The zero-order valence-electron chi connectivity index (χ0n) is 5.36. The van der Waals surface area contributed by atoms with E-state index in [0.717, 1.165) is 0 Å². The van der Waals surface area contributed by atoms with Gasteiger partial charge in [0.25, 0.3) is 0 Å². The molecule has 0 rings (SSSR count). The Morgan fingerprint density at radius 3 is 0.364 bits per heavy atom. The topological polar surface area (TPSA) is 249 Å². The average Bonchev–Trinajstić information content (AvgIpc) is 0. The smallest absolute Gasteiger partial charge is 0.870 e. The molecule has 78 valence electrons. The molecule has 0 aromatic carbocycles. The summed E-state index contributed by atoms with van der Waals surface area (Å²) in [5.41, 5.74) is 0. The second-order valence-corrected chi connectivity index (χ2v) is 0. The van der Waals surface area contributed by atoms with Crippen LogP contribution in [0.15, 0.2) is 0 Å². The van der Waals surface area contributed by atoms with Gasteiger partial charge in [0.05, 0.1) is 0 Å². The molecule has 11 heteroatoms. The number of rotatable bonds is 0. The Morgan fingerprint density at radius 2 is 0.364 bits per heavy atom. The van der Waals surface area contributed by atoms with Gasteiger partial charge in [0.15, 0.2) is 0 Å². The molecule has 0 aromatic heterocycles. The molecule has 0 saturated carbocycles. The molecule has 14 N–H and O–H groups in total. The largest absolute Gasteiger partial charge is 2.00 e. The van der Waals surface area contributed by atoms with Crippen molar-refractivity contribution in [3.05, 3.63) is 0 Å². The Balaban J connectivity index is 0. The van der Waals surface area contributed by atoms with Crippen LogP contribution in [0.1, 0.15) is 0 Å². The monoisotopic (exact) mass is 292 g/mol. The molecule has 8 nitrogen and oxygen atoms in total. The third kappa shape index (κ3) is 305. The predicted molar refractivity (Wildman–Crippen MR) is 31.3 cm³/mol. The first-order valence-corrected chi connectivity index (χ1v) is 0.